The number of nitrogens with one attached hydrogen (secondary N) is 1. The van der Waals surface area contributed by atoms with Gasteiger partial charge in [-0.25, -0.2) is 0 Å². The normalized spacial score (nSPS) is 20.1. The molecule has 2 rings (SSSR count). The predicted octanol–water partition coefficient (Wildman–Crippen LogP) is 1.14. The van der Waals surface area contributed by atoms with Crippen LogP contribution in [0.15, 0.2) is 24.3 Å². The summed E-state index contributed by atoms with van der Waals surface area (Å²) < 4.78 is 5.31. The van der Waals surface area contributed by atoms with E-state index in [2.05, 4.69) is 5.32 Å². The van der Waals surface area contributed by atoms with Crippen LogP contribution in [-0.4, -0.2) is 18.7 Å². The summed E-state index contributed by atoms with van der Waals surface area (Å²) in [5, 5.41) is 2.79. The lowest BCUT2D eigenvalue weighted by Crippen LogP contribution is -2.34. The molecule has 1 aromatic rings. The molecular formula is C11H14N2O2. The number of anilines is 1. The van der Waals surface area contributed by atoms with Crippen molar-refractivity contribution in [2.75, 3.05) is 12.3 Å². The Balaban J connectivity index is 2.04. The van der Waals surface area contributed by atoms with Gasteiger partial charge in [0.15, 0.2) is 0 Å². The van der Waals surface area contributed by atoms with Crippen LogP contribution in [0.2, 0.25) is 0 Å². The second kappa shape index (κ2) is 4.31. The first-order valence-electron chi connectivity index (χ1n) is 5.04. The van der Waals surface area contributed by atoms with Gasteiger partial charge in [0.2, 0.25) is 0 Å². The molecule has 0 aliphatic carbocycles. The highest BCUT2D eigenvalue weighted by molar-refractivity contribution is 5.99. The van der Waals surface area contributed by atoms with Gasteiger partial charge in [0, 0.05) is 12.3 Å². The Morgan fingerprint density at radius 3 is 2.93 bits per heavy atom. The zero-order chi connectivity index (χ0) is 10.7. The molecule has 1 fully saturated rings. The van der Waals surface area contributed by atoms with Crippen LogP contribution >= 0.6 is 0 Å². The van der Waals surface area contributed by atoms with Crippen molar-refractivity contribution in [1.82, 2.24) is 5.32 Å². The first-order chi connectivity index (χ1) is 7.27. The van der Waals surface area contributed by atoms with Crippen LogP contribution in [0.5, 0.6) is 0 Å². The zero-order valence-electron chi connectivity index (χ0n) is 8.40. The highest BCUT2D eigenvalue weighted by Gasteiger charge is 2.19. The first kappa shape index (κ1) is 9.98. The maximum atomic E-state index is 11.8. The van der Waals surface area contributed by atoms with Gasteiger partial charge in [-0.05, 0) is 25.0 Å². The summed E-state index contributed by atoms with van der Waals surface area (Å²) in [6.45, 7) is 0.717. The fourth-order valence-corrected chi connectivity index (χ4v) is 1.62. The molecule has 0 saturated carbocycles. The summed E-state index contributed by atoms with van der Waals surface area (Å²) in [5.74, 6) is -0.167. The van der Waals surface area contributed by atoms with Gasteiger partial charge < -0.3 is 15.8 Å². The number of hydrogen-bond donors (Lipinski definition) is 2. The Bertz CT molecular complexity index is 359. The maximum Gasteiger partial charge on any atom is 0.255 e. The molecule has 1 atom stereocenters. The SMILES string of the molecule is Nc1ccccc1C(=O)NC1CCCO1. The number of carbonyl (C=O) groups excluding carboxylic acids is 1. The second-order valence-corrected chi connectivity index (χ2v) is 3.56. The topological polar surface area (TPSA) is 64.4 Å². The molecule has 0 radical (unpaired) electrons. The molecule has 1 unspecified atom stereocenters. The van der Waals surface area contributed by atoms with Gasteiger partial charge in [-0.3, -0.25) is 4.79 Å². The molecule has 0 aromatic heterocycles. The third-order valence-corrected chi connectivity index (χ3v) is 2.43. The van der Waals surface area contributed by atoms with Crippen molar-refractivity contribution in [3.05, 3.63) is 29.8 Å². The summed E-state index contributed by atoms with van der Waals surface area (Å²) in [7, 11) is 0. The van der Waals surface area contributed by atoms with Crippen LogP contribution in [0, 0.1) is 0 Å². The maximum absolute atomic E-state index is 11.8. The third-order valence-electron chi connectivity index (χ3n) is 2.43. The molecular weight excluding hydrogens is 192 g/mol. The predicted molar refractivity (Wildman–Crippen MR) is 57.3 cm³/mol. The van der Waals surface area contributed by atoms with Crippen molar-refractivity contribution in [3.63, 3.8) is 0 Å². The van der Waals surface area contributed by atoms with E-state index in [0.717, 1.165) is 19.4 Å². The molecule has 1 aliphatic heterocycles. The lowest BCUT2D eigenvalue weighted by Gasteiger charge is -2.12. The summed E-state index contributed by atoms with van der Waals surface area (Å²) in [5.41, 5.74) is 6.69. The van der Waals surface area contributed by atoms with Crippen LogP contribution in [0.4, 0.5) is 5.69 Å². The molecule has 1 aromatic carbocycles. The zero-order valence-corrected chi connectivity index (χ0v) is 8.40. The van der Waals surface area contributed by atoms with E-state index in [1.54, 1.807) is 24.3 Å². The molecule has 4 heteroatoms. The largest absolute Gasteiger partial charge is 0.398 e. The molecule has 1 aliphatic rings. The van der Waals surface area contributed by atoms with E-state index in [4.69, 9.17) is 10.5 Å². The van der Waals surface area contributed by atoms with Crippen LogP contribution in [-0.2, 0) is 4.74 Å². The highest BCUT2D eigenvalue weighted by Crippen LogP contribution is 2.13. The summed E-state index contributed by atoms with van der Waals surface area (Å²) in [4.78, 5) is 11.8. The van der Waals surface area contributed by atoms with Crippen LogP contribution in [0.25, 0.3) is 0 Å². The van der Waals surface area contributed by atoms with Gasteiger partial charge in [0.25, 0.3) is 5.91 Å². The number of nitrogens with two attached hydrogens (primary N) is 1. The Morgan fingerprint density at radius 2 is 2.27 bits per heavy atom. The van der Waals surface area contributed by atoms with Gasteiger partial charge in [-0.1, -0.05) is 12.1 Å². The molecule has 0 spiro atoms. The average molecular weight is 206 g/mol. The van der Waals surface area contributed by atoms with Crippen molar-refractivity contribution in [3.8, 4) is 0 Å². The lowest BCUT2D eigenvalue weighted by molar-refractivity contribution is 0.0640. The van der Waals surface area contributed by atoms with E-state index >= 15 is 0 Å². The number of hydrogen-bond acceptors (Lipinski definition) is 3. The quantitative estimate of drug-likeness (QED) is 0.713. The fourth-order valence-electron chi connectivity index (χ4n) is 1.62. The lowest BCUT2D eigenvalue weighted by atomic mass is 10.1. The van der Waals surface area contributed by atoms with E-state index in [9.17, 15) is 4.79 Å². The summed E-state index contributed by atoms with van der Waals surface area (Å²) in [6.07, 6.45) is 1.71. The van der Waals surface area contributed by atoms with Gasteiger partial charge in [-0.15, -0.1) is 0 Å². The average Bonchev–Trinajstić information content (AvgIpc) is 2.71. The van der Waals surface area contributed by atoms with E-state index in [1.807, 2.05) is 0 Å². The van der Waals surface area contributed by atoms with Crippen LogP contribution in [0.3, 0.4) is 0 Å². The minimum absolute atomic E-state index is 0.155. The number of benzene rings is 1. The number of carbonyl (C=O) groups is 1. The van der Waals surface area contributed by atoms with Gasteiger partial charge in [0.05, 0.1) is 5.56 Å². The molecule has 1 amide bonds. The Labute approximate surface area is 88.4 Å². The fraction of sp³-hybridized carbons (Fsp3) is 0.364. The number of amides is 1. The van der Waals surface area contributed by atoms with E-state index < -0.39 is 0 Å². The van der Waals surface area contributed by atoms with Crippen molar-refractivity contribution < 1.29 is 9.53 Å². The first-order valence-corrected chi connectivity index (χ1v) is 5.04. The second-order valence-electron chi connectivity index (χ2n) is 3.56. The molecule has 80 valence electrons. The number of para-hydroxylation sites is 1. The smallest absolute Gasteiger partial charge is 0.255 e. The summed E-state index contributed by atoms with van der Waals surface area (Å²) in [6, 6.07) is 7.02. The van der Waals surface area contributed by atoms with Crippen molar-refractivity contribution in [2.45, 2.75) is 19.1 Å². The Morgan fingerprint density at radius 1 is 1.47 bits per heavy atom. The van der Waals surface area contributed by atoms with E-state index in [1.165, 1.54) is 0 Å². The van der Waals surface area contributed by atoms with Crippen LogP contribution in [0.1, 0.15) is 23.2 Å². The standard InChI is InChI=1S/C11H14N2O2/c12-9-5-2-1-4-8(9)11(14)13-10-6-3-7-15-10/h1-2,4-5,10H,3,6-7,12H2,(H,13,14). The number of nitrogen functional groups attached to an aromatic ring is 1. The van der Waals surface area contributed by atoms with E-state index in [0.29, 0.717) is 11.3 Å². The molecule has 1 heterocycles. The monoisotopic (exact) mass is 206 g/mol. The van der Waals surface area contributed by atoms with Crippen molar-refractivity contribution in [2.24, 2.45) is 0 Å². The minimum atomic E-state index is -0.167. The third kappa shape index (κ3) is 2.27. The van der Waals surface area contributed by atoms with Crippen LogP contribution < -0.4 is 11.1 Å². The summed E-state index contributed by atoms with van der Waals surface area (Å²) >= 11 is 0. The van der Waals surface area contributed by atoms with Gasteiger partial charge in [0.1, 0.15) is 6.23 Å². The van der Waals surface area contributed by atoms with Gasteiger partial charge >= 0.3 is 0 Å². The molecule has 4 nitrogen and oxygen atoms in total. The highest BCUT2D eigenvalue weighted by atomic mass is 16.5. The van der Waals surface area contributed by atoms with Crippen molar-refractivity contribution in [1.29, 1.82) is 0 Å². The Hall–Kier alpha value is -1.55. The Kier molecular flexibility index (Phi) is 2.87. The number of rotatable bonds is 2. The molecule has 15 heavy (non-hydrogen) atoms. The molecule has 3 N–H and O–H groups in total. The molecule has 1 saturated heterocycles. The molecule has 0 bridgehead atoms. The van der Waals surface area contributed by atoms with Crippen molar-refractivity contribution >= 4 is 11.6 Å². The van der Waals surface area contributed by atoms with E-state index in [-0.39, 0.29) is 12.1 Å². The number of ether oxygens (including phenoxy) is 1. The van der Waals surface area contributed by atoms with Gasteiger partial charge in [-0.2, -0.15) is 0 Å². The minimum Gasteiger partial charge on any atom is -0.398 e.